The number of carbonyl (C=O) groups excluding carboxylic acids is 3. The van der Waals surface area contributed by atoms with E-state index in [0.29, 0.717) is 44.6 Å². The predicted octanol–water partition coefficient (Wildman–Crippen LogP) is 1.11. The minimum Gasteiger partial charge on any atom is -0.383 e. The van der Waals surface area contributed by atoms with E-state index in [1.807, 2.05) is 19.1 Å². The molecule has 0 saturated carbocycles. The minimum absolute atomic E-state index is 0.0162. The van der Waals surface area contributed by atoms with Crippen molar-refractivity contribution in [3.05, 3.63) is 35.4 Å². The molecule has 7 heteroatoms. The molecule has 1 aliphatic rings. The third-order valence-electron chi connectivity index (χ3n) is 4.94. The first-order valence-electron chi connectivity index (χ1n) is 9.32. The average molecular weight is 375 g/mol. The second kappa shape index (κ2) is 10.1. The Bertz CT molecular complexity index is 652. The summed E-state index contributed by atoms with van der Waals surface area (Å²) in [5.74, 6) is -0.458. The van der Waals surface area contributed by atoms with Crippen LogP contribution in [0.15, 0.2) is 24.3 Å². The van der Waals surface area contributed by atoms with Crippen molar-refractivity contribution in [2.75, 3.05) is 33.4 Å². The molecule has 0 aromatic heterocycles. The molecule has 27 heavy (non-hydrogen) atoms. The summed E-state index contributed by atoms with van der Waals surface area (Å²) >= 11 is 0. The number of carbonyl (C=O) groups is 3. The van der Waals surface area contributed by atoms with Crippen LogP contribution >= 0.6 is 0 Å². The summed E-state index contributed by atoms with van der Waals surface area (Å²) in [4.78, 5) is 38.6. The quantitative estimate of drug-likeness (QED) is 0.699. The monoisotopic (exact) mass is 375 g/mol. The van der Waals surface area contributed by atoms with Crippen LogP contribution in [0.4, 0.5) is 0 Å². The Labute approximate surface area is 160 Å². The van der Waals surface area contributed by atoms with Gasteiger partial charge in [0, 0.05) is 39.2 Å². The Morgan fingerprint density at radius 1 is 1.19 bits per heavy atom. The molecule has 1 atom stereocenters. The lowest BCUT2D eigenvalue weighted by Gasteiger charge is -2.35. The van der Waals surface area contributed by atoms with E-state index in [-0.39, 0.29) is 23.6 Å². The highest BCUT2D eigenvalue weighted by molar-refractivity contribution is 5.97. The number of benzene rings is 1. The Balaban J connectivity index is 2.07. The predicted molar refractivity (Wildman–Crippen MR) is 102 cm³/mol. The number of nitrogens with zero attached hydrogens (tertiary/aromatic N) is 1. The van der Waals surface area contributed by atoms with Gasteiger partial charge in [-0.3, -0.25) is 14.4 Å². The van der Waals surface area contributed by atoms with Crippen molar-refractivity contribution < 1.29 is 19.1 Å². The fourth-order valence-corrected chi connectivity index (χ4v) is 3.26. The number of hydrogen-bond donors (Lipinski definition) is 2. The maximum atomic E-state index is 12.7. The molecule has 0 spiro atoms. The molecule has 3 amide bonds. The van der Waals surface area contributed by atoms with Crippen LogP contribution in [0.3, 0.4) is 0 Å². The molecular weight excluding hydrogens is 346 g/mol. The molecule has 1 heterocycles. The topological polar surface area (TPSA) is 87.7 Å². The van der Waals surface area contributed by atoms with Gasteiger partial charge in [-0.25, -0.2) is 0 Å². The first-order valence-corrected chi connectivity index (χ1v) is 9.32. The van der Waals surface area contributed by atoms with Gasteiger partial charge in [0.1, 0.15) is 6.04 Å². The molecule has 0 aliphatic carbocycles. The van der Waals surface area contributed by atoms with E-state index in [1.54, 1.807) is 31.1 Å². The van der Waals surface area contributed by atoms with Gasteiger partial charge in [-0.15, -0.1) is 0 Å². The maximum absolute atomic E-state index is 12.7. The van der Waals surface area contributed by atoms with Crippen molar-refractivity contribution in [1.82, 2.24) is 15.5 Å². The Morgan fingerprint density at radius 3 is 2.37 bits per heavy atom. The summed E-state index contributed by atoms with van der Waals surface area (Å²) in [5, 5.41) is 5.72. The number of hydrogen-bond acceptors (Lipinski definition) is 4. The lowest BCUT2D eigenvalue weighted by Crippen LogP contribution is -2.54. The molecule has 1 aliphatic heterocycles. The molecule has 2 N–H and O–H groups in total. The van der Waals surface area contributed by atoms with E-state index in [0.717, 1.165) is 5.56 Å². The van der Waals surface area contributed by atoms with Gasteiger partial charge in [0.15, 0.2) is 0 Å². The SMILES string of the molecule is COCCNC(=O)C(NC(=O)c1ccc(C)cc1)C1CCN(C(C)=O)CC1. The third kappa shape index (κ3) is 6.06. The Kier molecular flexibility index (Phi) is 7.79. The van der Waals surface area contributed by atoms with Crippen LogP contribution in [0.5, 0.6) is 0 Å². The highest BCUT2D eigenvalue weighted by atomic mass is 16.5. The molecule has 1 aromatic rings. The van der Waals surface area contributed by atoms with Gasteiger partial charge in [0.05, 0.1) is 6.61 Å². The lowest BCUT2D eigenvalue weighted by molar-refractivity contribution is -0.130. The summed E-state index contributed by atoms with van der Waals surface area (Å²) in [6.45, 7) is 5.50. The number of methoxy groups -OCH3 is 1. The van der Waals surface area contributed by atoms with Crippen molar-refractivity contribution >= 4 is 17.7 Å². The fourth-order valence-electron chi connectivity index (χ4n) is 3.26. The number of ether oxygens (including phenoxy) is 1. The summed E-state index contributed by atoms with van der Waals surface area (Å²) in [6.07, 6.45) is 1.35. The molecular formula is C20H29N3O4. The first kappa shape index (κ1) is 20.9. The van der Waals surface area contributed by atoms with Crippen LogP contribution in [0, 0.1) is 12.8 Å². The van der Waals surface area contributed by atoms with E-state index < -0.39 is 6.04 Å². The van der Waals surface area contributed by atoms with Gasteiger partial charge in [-0.1, -0.05) is 17.7 Å². The minimum atomic E-state index is -0.634. The van der Waals surface area contributed by atoms with E-state index in [4.69, 9.17) is 4.74 Å². The highest BCUT2D eigenvalue weighted by Crippen LogP contribution is 2.21. The molecule has 1 saturated heterocycles. The van der Waals surface area contributed by atoms with Crippen molar-refractivity contribution in [2.45, 2.75) is 32.7 Å². The second-order valence-corrected chi connectivity index (χ2v) is 6.94. The van der Waals surface area contributed by atoms with Gasteiger partial charge in [-0.05, 0) is 37.8 Å². The Morgan fingerprint density at radius 2 is 1.81 bits per heavy atom. The fraction of sp³-hybridized carbons (Fsp3) is 0.550. The number of piperidine rings is 1. The number of rotatable bonds is 7. The summed E-state index contributed by atoms with van der Waals surface area (Å²) < 4.78 is 4.97. The highest BCUT2D eigenvalue weighted by Gasteiger charge is 2.33. The lowest BCUT2D eigenvalue weighted by atomic mass is 9.88. The average Bonchev–Trinajstić information content (AvgIpc) is 2.66. The smallest absolute Gasteiger partial charge is 0.251 e. The maximum Gasteiger partial charge on any atom is 0.251 e. The van der Waals surface area contributed by atoms with Crippen molar-refractivity contribution in [3.8, 4) is 0 Å². The zero-order valence-electron chi connectivity index (χ0n) is 16.3. The second-order valence-electron chi connectivity index (χ2n) is 6.94. The molecule has 1 fully saturated rings. The largest absolute Gasteiger partial charge is 0.383 e. The van der Waals surface area contributed by atoms with Gasteiger partial charge in [-0.2, -0.15) is 0 Å². The van der Waals surface area contributed by atoms with E-state index in [9.17, 15) is 14.4 Å². The van der Waals surface area contributed by atoms with Gasteiger partial charge < -0.3 is 20.3 Å². The number of likely N-dealkylation sites (tertiary alicyclic amines) is 1. The molecule has 0 bridgehead atoms. The van der Waals surface area contributed by atoms with E-state index in [2.05, 4.69) is 10.6 Å². The van der Waals surface area contributed by atoms with E-state index >= 15 is 0 Å². The molecule has 2 rings (SSSR count). The normalized spacial score (nSPS) is 15.9. The number of nitrogens with one attached hydrogen (secondary N) is 2. The van der Waals surface area contributed by atoms with Crippen molar-refractivity contribution in [3.63, 3.8) is 0 Å². The van der Waals surface area contributed by atoms with Gasteiger partial charge in [0.2, 0.25) is 11.8 Å². The van der Waals surface area contributed by atoms with Crippen LogP contribution in [0.25, 0.3) is 0 Å². The molecule has 1 aromatic carbocycles. The Hall–Kier alpha value is -2.41. The van der Waals surface area contributed by atoms with Crippen LogP contribution in [0.2, 0.25) is 0 Å². The van der Waals surface area contributed by atoms with Gasteiger partial charge >= 0.3 is 0 Å². The first-order chi connectivity index (χ1) is 12.9. The molecule has 1 unspecified atom stereocenters. The standard InChI is InChI=1S/C20H29N3O4/c1-14-4-6-17(7-5-14)19(25)22-18(20(26)21-10-13-27-3)16-8-11-23(12-9-16)15(2)24/h4-7,16,18H,8-13H2,1-3H3,(H,21,26)(H,22,25). The zero-order valence-corrected chi connectivity index (χ0v) is 16.3. The van der Waals surface area contributed by atoms with Crippen LogP contribution in [-0.2, 0) is 14.3 Å². The van der Waals surface area contributed by atoms with Crippen LogP contribution in [-0.4, -0.2) is 62.0 Å². The van der Waals surface area contributed by atoms with Gasteiger partial charge in [0.25, 0.3) is 5.91 Å². The molecule has 0 radical (unpaired) electrons. The molecule has 7 nitrogen and oxygen atoms in total. The van der Waals surface area contributed by atoms with Crippen LogP contribution in [0.1, 0.15) is 35.7 Å². The summed E-state index contributed by atoms with van der Waals surface area (Å²) in [5.41, 5.74) is 1.59. The van der Waals surface area contributed by atoms with E-state index in [1.165, 1.54) is 0 Å². The molecule has 148 valence electrons. The van der Waals surface area contributed by atoms with Crippen molar-refractivity contribution in [2.24, 2.45) is 5.92 Å². The summed E-state index contributed by atoms with van der Waals surface area (Å²) in [6, 6.07) is 6.61. The van der Waals surface area contributed by atoms with Crippen LogP contribution < -0.4 is 10.6 Å². The number of amides is 3. The number of aryl methyl sites for hydroxylation is 1. The zero-order chi connectivity index (χ0) is 19.8. The summed E-state index contributed by atoms with van der Waals surface area (Å²) in [7, 11) is 1.57. The third-order valence-corrected chi connectivity index (χ3v) is 4.94. The van der Waals surface area contributed by atoms with Crippen molar-refractivity contribution in [1.29, 1.82) is 0 Å².